The minimum absolute atomic E-state index is 0.00944. The molecule has 0 spiro atoms. The summed E-state index contributed by atoms with van der Waals surface area (Å²) in [4.78, 5) is 48.8. The van der Waals surface area contributed by atoms with Crippen LogP contribution in [0.3, 0.4) is 0 Å². The average molecular weight is 530 g/mol. The summed E-state index contributed by atoms with van der Waals surface area (Å²) in [6.45, 7) is 11.2. The molecule has 0 aliphatic carbocycles. The van der Waals surface area contributed by atoms with Gasteiger partial charge in [-0.25, -0.2) is 9.68 Å². The Labute approximate surface area is 224 Å². The summed E-state index contributed by atoms with van der Waals surface area (Å²) < 4.78 is 5.07. The number of imide groups is 2. The first kappa shape index (κ1) is 28.9. The minimum atomic E-state index is -0.560. The molecule has 2 aliphatic rings. The van der Waals surface area contributed by atoms with E-state index < -0.39 is 17.8 Å². The number of nitrogens with zero attached hydrogens (tertiary/aromatic N) is 3. The molecule has 1 aromatic carbocycles. The second-order valence-electron chi connectivity index (χ2n) is 9.70. The number of likely N-dealkylation sites (N-methyl/N-ethyl adjacent to an activating group) is 2. The fourth-order valence-electron chi connectivity index (χ4n) is 4.96. The molecule has 0 saturated carbocycles. The first-order chi connectivity index (χ1) is 17.7. The zero-order valence-electron chi connectivity index (χ0n) is 22.8. The Kier molecular flexibility index (Phi) is 9.98. The van der Waals surface area contributed by atoms with Crippen molar-refractivity contribution in [2.45, 2.75) is 77.0 Å². The van der Waals surface area contributed by atoms with Gasteiger partial charge in [-0.2, -0.15) is 4.33 Å². The molecule has 1 fully saturated rings. The van der Waals surface area contributed by atoms with Crippen molar-refractivity contribution >= 4 is 35.6 Å². The molecule has 37 heavy (non-hydrogen) atoms. The van der Waals surface area contributed by atoms with Crippen LogP contribution in [0.25, 0.3) is 0 Å². The summed E-state index contributed by atoms with van der Waals surface area (Å²) in [6.07, 6.45) is 9.27. The van der Waals surface area contributed by atoms with E-state index in [9.17, 15) is 14.4 Å². The molecule has 1 saturated heterocycles. The van der Waals surface area contributed by atoms with E-state index in [-0.39, 0.29) is 24.1 Å². The smallest absolute Gasteiger partial charge is 0.333 e. The first-order valence-corrected chi connectivity index (χ1v) is 13.9. The molecule has 0 aromatic heterocycles. The maximum absolute atomic E-state index is 13.0. The van der Waals surface area contributed by atoms with Gasteiger partial charge in [0.25, 0.3) is 11.8 Å². The number of hydrogen-bond donors (Lipinski definition) is 0. The van der Waals surface area contributed by atoms with E-state index in [0.717, 1.165) is 63.1 Å². The maximum atomic E-state index is 13.0. The molecular formula is C28H39N3O5S. The largest absolute Gasteiger partial charge is 0.344 e. The lowest BCUT2D eigenvalue weighted by molar-refractivity contribution is -0.160. The number of anilines is 1. The van der Waals surface area contributed by atoms with Gasteiger partial charge in [-0.05, 0) is 56.2 Å². The molecule has 1 aromatic rings. The van der Waals surface area contributed by atoms with Crippen LogP contribution in [0.15, 0.2) is 46.5 Å². The second-order valence-corrected chi connectivity index (χ2v) is 10.5. The number of urea groups is 1. The highest BCUT2D eigenvalue weighted by Crippen LogP contribution is 2.49. The van der Waals surface area contributed by atoms with Gasteiger partial charge in [-0.3, -0.25) is 19.4 Å². The molecule has 9 heteroatoms. The minimum Gasteiger partial charge on any atom is -0.344 e. The Morgan fingerprint density at radius 3 is 2.14 bits per heavy atom. The summed E-state index contributed by atoms with van der Waals surface area (Å²) in [7, 11) is 1.47. The number of benzene rings is 1. The predicted octanol–water partition coefficient (Wildman–Crippen LogP) is 5.98. The number of barbiturate groups is 1. The van der Waals surface area contributed by atoms with Gasteiger partial charge in [0.2, 0.25) is 0 Å². The monoisotopic (exact) mass is 529 g/mol. The Morgan fingerprint density at radius 1 is 0.892 bits per heavy atom. The average Bonchev–Trinajstić information content (AvgIpc) is 3.08. The highest BCUT2D eigenvalue weighted by molar-refractivity contribution is 7.94. The van der Waals surface area contributed by atoms with E-state index in [1.54, 1.807) is 19.9 Å². The van der Waals surface area contributed by atoms with Crippen molar-refractivity contribution in [1.82, 2.24) is 9.80 Å². The summed E-state index contributed by atoms with van der Waals surface area (Å²) in [5.41, 5.74) is 2.87. The standard InChI is InChI=1S/C28H39N3O5S/c1-7-10-11-12-13-18-31-23-16-14-20(37-36-35-6)19-22(23)28(4,5)24(31)17-15-21-25(32)29(8-2)27(34)30(9-3)26(21)33/h14-17,19H,7-13,18H2,1-6H3. The molecule has 0 bridgehead atoms. The van der Waals surface area contributed by atoms with Crippen molar-refractivity contribution in [3.8, 4) is 0 Å². The second kappa shape index (κ2) is 12.8. The van der Waals surface area contributed by atoms with Gasteiger partial charge in [-0.1, -0.05) is 46.5 Å². The van der Waals surface area contributed by atoms with E-state index in [4.69, 9.17) is 9.22 Å². The molecule has 0 unspecified atom stereocenters. The predicted molar refractivity (Wildman–Crippen MR) is 146 cm³/mol. The molecular weight excluding hydrogens is 490 g/mol. The number of allylic oxidation sites excluding steroid dienone is 3. The van der Waals surface area contributed by atoms with Gasteiger partial charge in [-0.15, -0.1) is 0 Å². The Balaban J connectivity index is 2.02. The summed E-state index contributed by atoms with van der Waals surface area (Å²) >= 11 is 1.15. The summed E-state index contributed by atoms with van der Waals surface area (Å²) in [6, 6.07) is 5.63. The fourth-order valence-corrected chi connectivity index (χ4v) is 5.39. The zero-order chi connectivity index (χ0) is 27.2. The number of amides is 4. The van der Waals surface area contributed by atoms with Gasteiger partial charge >= 0.3 is 6.03 Å². The molecule has 2 aliphatic heterocycles. The number of carbonyl (C=O) groups is 3. The lowest BCUT2D eigenvalue weighted by Crippen LogP contribution is -2.56. The van der Waals surface area contributed by atoms with Crippen molar-refractivity contribution in [1.29, 1.82) is 0 Å². The van der Waals surface area contributed by atoms with E-state index in [2.05, 4.69) is 37.8 Å². The van der Waals surface area contributed by atoms with Crippen LogP contribution in [0.5, 0.6) is 0 Å². The van der Waals surface area contributed by atoms with E-state index in [0.29, 0.717) is 0 Å². The van der Waals surface area contributed by atoms with Crippen LogP contribution < -0.4 is 4.90 Å². The summed E-state index contributed by atoms with van der Waals surface area (Å²) in [5.74, 6) is -1.09. The SMILES string of the molecule is CCCCCCCN1C(=CC=C2C(=O)N(CC)C(=O)N(CC)C2=O)C(C)(C)c2cc(SOOC)ccc21. The van der Waals surface area contributed by atoms with Crippen LogP contribution >= 0.6 is 12.0 Å². The van der Waals surface area contributed by atoms with Crippen LogP contribution in [0.1, 0.15) is 72.3 Å². The summed E-state index contributed by atoms with van der Waals surface area (Å²) in [5, 5.41) is 0. The first-order valence-electron chi connectivity index (χ1n) is 13.1. The number of fused-ring (bicyclic) bond motifs is 1. The van der Waals surface area contributed by atoms with Crippen LogP contribution in [-0.4, -0.2) is 54.4 Å². The highest BCUT2D eigenvalue weighted by Gasteiger charge is 2.42. The fraction of sp³-hybridized carbons (Fsp3) is 0.536. The van der Waals surface area contributed by atoms with Crippen LogP contribution in [0.4, 0.5) is 10.5 Å². The van der Waals surface area contributed by atoms with E-state index in [1.807, 2.05) is 12.1 Å². The van der Waals surface area contributed by atoms with Crippen molar-refractivity contribution in [3.63, 3.8) is 0 Å². The molecule has 2 heterocycles. The lowest BCUT2D eigenvalue weighted by atomic mass is 9.83. The van der Waals surface area contributed by atoms with E-state index in [1.165, 1.54) is 26.4 Å². The molecule has 3 rings (SSSR count). The molecule has 4 amide bonds. The van der Waals surface area contributed by atoms with Crippen LogP contribution in [0, 0.1) is 0 Å². The third kappa shape index (κ3) is 5.94. The van der Waals surface area contributed by atoms with E-state index >= 15 is 0 Å². The van der Waals surface area contributed by atoms with Crippen molar-refractivity contribution in [2.24, 2.45) is 0 Å². The van der Waals surface area contributed by atoms with Crippen LogP contribution in [-0.2, 0) is 24.2 Å². The van der Waals surface area contributed by atoms with Gasteiger partial charge < -0.3 is 4.90 Å². The Hall–Kier alpha value is -2.62. The zero-order valence-corrected chi connectivity index (χ0v) is 23.7. The topological polar surface area (TPSA) is 79.4 Å². The number of carbonyl (C=O) groups excluding carboxylic acids is 3. The highest BCUT2D eigenvalue weighted by atomic mass is 32.2. The van der Waals surface area contributed by atoms with Gasteiger partial charge in [0.1, 0.15) is 5.57 Å². The number of rotatable bonds is 12. The third-order valence-electron chi connectivity index (χ3n) is 7.00. The normalized spacial score (nSPS) is 18.3. The molecule has 0 N–H and O–H groups in total. The van der Waals surface area contributed by atoms with Crippen molar-refractivity contribution in [3.05, 3.63) is 47.2 Å². The molecule has 0 atom stereocenters. The maximum Gasteiger partial charge on any atom is 0.333 e. The Morgan fingerprint density at radius 2 is 1.54 bits per heavy atom. The quantitative estimate of drug-likeness (QED) is 0.0823. The number of hydrogen-bond acceptors (Lipinski definition) is 7. The van der Waals surface area contributed by atoms with Gasteiger partial charge in [0.15, 0.2) is 0 Å². The van der Waals surface area contributed by atoms with Crippen molar-refractivity contribution < 1.29 is 23.6 Å². The van der Waals surface area contributed by atoms with Crippen LogP contribution in [0.2, 0.25) is 0 Å². The van der Waals surface area contributed by atoms with Crippen molar-refractivity contribution in [2.75, 3.05) is 31.6 Å². The Bertz CT molecular complexity index is 1050. The molecule has 8 nitrogen and oxygen atoms in total. The molecule has 0 radical (unpaired) electrons. The number of unbranched alkanes of at least 4 members (excludes halogenated alkanes) is 4. The molecule has 202 valence electrons. The third-order valence-corrected chi connectivity index (χ3v) is 7.65. The van der Waals surface area contributed by atoms with Gasteiger partial charge in [0, 0.05) is 41.3 Å². The lowest BCUT2D eigenvalue weighted by Gasteiger charge is -2.32. The van der Waals surface area contributed by atoms with Gasteiger partial charge in [0.05, 0.1) is 19.2 Å².